The van der Waals surface area contributed by atoms with Crippen LogP contribution >= 0.6 is 0 Å². The summed E-state index contributed by atoms with van der Waals surface area (Å²) in [5.41, 5.74) is 0.101. The highest BCUT2D eigenvalue weighted by Gasteiger charge is 2.35. The van der Waals surface area contributed by atoms with E-state index in [0.29, 0.717) is 11.5 Å². The fourth-order valence-electron chi connectivity index (χ4n) is 3.16. The van der Waals surface area contributed by atoms with E-state index in [1.807, 2.05) is 0 Å². The average molecular weight is 422 g/mol. The first kappa shape index (κ1) is 19.8. The molecule has 0 radical (unpaired) electrons. The first-order valence-electron chi connectivity index (χ1n) is 8.92. The summed E-state index contributed by atoms with van der Waals surface area (Å²) in [4.78, 5) is 16.1. The van der Waals surface area contributed by atoms with Gasteiger partial charge < -0.3 is 19.5 Å². The van der Waals surface area contributed by atoms with Crippen LogP contribution in [0.25, 0.3) is 11.0 Å². The minimum Gasteiger partial charge on any atom is -0.467 e. The molecule has 0 unspecified atom stereocenters. The van der Waals surface area contributed by atoms with Crippen LogP contribution in [0.2, 0.25) is 0 Å². The zero-order chi connectivity index (χ0) is 21.5. The summed E-state index contributed by atoms with van der Waals surface area (Å²) in [5, 5.41) is 6.53. The minimum absolute atomic E-state index is 0.0260. The Kier molecular flexibility index (Phi) is 4.88. The third kappa shape index (κ3) is 3.82. The Morgan fingerprint density at radius 3 is 2.80 bits per heavy atom. The average Bonchev–Trinajstić information content (AvgIpc) is 3.27. The summed E-state index contributed by atoms with van der Waals surface area (Å²) in [6.07, 6.45) is -4.62. The SMILES string of the molecule is Cc1nn(C)c2nc(OCC(=O)NCc3ccc4c(c3)OCO4)cc(C(F)(F)F)c12. The van der Waals surface area contributed by atoms with Crippen molar-refractivity contribution in [2.45, 2.75) is 19.6 Å². The van der Waals surface area contributed by atoms with Crippen LogP contribution in [0.3, 0.4) is 0 Å². The molecule has 0 atom stereocenters. The second-order valence-electron chi connectivity index (χ2n) is 6.67. The van der Waals surface area contributed by atoms with Gasteiger partial charge in [0, 0.05) is 19.7 Å². The summed E-state index contributed by atoms with van der Waals surface area (Å²) in [6.45, 7) is 1.33. The fourth-order valence-corrected chi connectivity index (χ4v) is 3.16. The Labute approximate surface area is 168 Å². The standard InChI is InChI=1S/C19H17F3N4O4/c1-10-17-12(19(20,21)22)6-16(24-18(17)26(2)25-10)28-8-15(27)23-7-11-3-4-13-14(5-11)30-9-29-13/h3-6H,7-9H2,1-2H3,(H,23,27). The Morgan fingerprint density at radius 2 is 2.03 bits per heavy atom. The molecule has 1 aliphatic heterocycles. The van der Waals surface area contributed by atoms with Crippen molar-refractivity contribution in [3.8, 4) is 17.4 Å². The van der Waals surface area contributed by atoms with Crippen LogP contribution in [-0.2, 0) is 24.6 Å². The number of halogens is 3. The van der Waals surface area contributed by atoms with Gasteiger partial charge in [0.25, 0.3) is 5.91 Å². The number of hydrogen-bond acceptors (Lipinski definition) is 6. The van der Waals surface area contributed by atoms with Crippen molar-refractivity contribution in [1.82, 2.24) is 20.1 Å². The molecular weight excluding hydrogens is 405 g/mol. The number of aromatic nitrogens is 3. The molecule has 4 rings (SSSR count). The maximum Gasteiger partial charge on any atom is 0.417 e. The number of carbonyl (C=O) groups is 1. The van der Waals surface area contributed by atoms with Gasteiger partial charge in [-0.25, -0.2) is 0 Å². The Hall–Kier alpha value is -3.50. The Bertz CT molecular complexity index is 1130. The van der Waals surface area contributed by atoms with E-state index in [9.17, 15) is 18.0 Å². The number of benzene rings is 1. The van der Waals surface area contributed by atoms with E-state index in [0.717, 1.165) is 11.6 Å². The lowest BCUT2D eigenvalue weighted by Gasteiger charge is -2.12. The van der Waals surface area contributed by atoms with Gasteiger partial charge in [-0.3, -0.25) is 9.48 Å². The van der Waals surface area contributed by atoms with E-state index >= 15 is 0 Å². The van der Waals surface area contributed by atoms with Gasteiger partial charge in [-0.05, 0) is 24.6 Å². The molecule has 158 valence electrons. The van der Waals surface area contributed by atoms with E-state index in [4.69, 9.17) is 14.2 Å². The van der Waals surface area contributed by atoms with Crippen LogP contribution in [0, 0.1) is 6.92 Å². The lowest BCUT2D eigenvalue weighted by atomic mass is 10.1. The van der Waals surface area contributed by atoms with Crippen molar-refractivity contribution < 1.29 is 32.2 Å². The molecule has 3 heterocycles. The smallest absolute Gasteiger partial charge is 0.417 e. The van der Waals surface area contributed by atoms with E-state index in [1.54, 1.807) is 18.2 Å². The number of alkyl halides is 3. The van der Waals surface area contributed by atoms with E-state index in [2.05, 4.69) is 15.4 Å². The number of rotatable bonds is 5. The highest BCUT2D eigenvalue weighted by molar-refractivity contribution is 5.83. The van der Waals surface area contributed by atoms with Gasteiger partial charge in [-0.2, -0.15) is 23.3 Å². The van der Waals surface area contributed by atoms with Crippen LogP contribution in [0.5, 0.6) is 17.4 Å². The van der Waals surface area contributed by atoms with Crippen molar-refractivity contribution in [1.29, 1.82) is 0 Å². The van der Waals surface area contributed by atoms with Crippen LogP contribution in [0.1, 0.15) is 16.8 Å². The number of fused-ring (bicyclic) bond motifs is 2. The second kappa shape index (κ2) is 7.39. The van der Waals surface area contributed by atoms with Gasteiger partial charge in [-0.15, -0.1) is 0 Å². The summed E-state index contributed by atoms with van der Waals surface area (Å²) >= 11 is 0. The molecule has 8 nitrogen and oxygen atoms in total. The van der Waals surface area contributed by atoms with Crippen LogP contribution < -0.4 is 19.5 Å². The minimum atomic E-state index is -4.62. The fraction of sp³-hybridized carbons (Fsp3) is 0.316. The summed E-state index contributed by atoms with van der Waals surface area (Å²) in [5.74, 6) is 0.391. The quantitative estimate of drug-likeness (QED) is 0.681. The van der Waals surface area contributed by atoms with Gasteiger partial charge in [0.2, 0.25) is 12.7 Å². The van der Waals surface area contributed by atoms with Crippen molar-refractivity contribution in [2.24, 2.45) is 7.05 Å². The maximum atomic E-state index is 13.5. The molecule has 1 amide bonds. The number of pyridine rings is 1. The number of aryl methyl sites for hydroxylation is 2. The maximum absolute atomic E-state index is 13.5. The predicted molar refractivity (Wildman–Crippen MR) is 98.2 cm³/mol. The zero-order valence-corrected chi connectivity index (χ0v) is 16.0. The van der Waals surface area contributed by atoms with Crippen LogP contribution in [0.4, 0.5) is 13.2 Å². The number of nitrogens with one attached hydrogen (secondary N) is 1. The predicted octanol–water partition coefficient (Wildman–Crippen LogP) is 2.72. The molecule has 1 aliphatic rings. The largest absolute Gasteiger partial charge is 0.467 e. The molecular formula is C19H17F3N4O4. The molecule has 2 aromatic heterocycles. The number of ether oxygens (including phenoxy) is 3. The van der Waals surface area contributed by atoms with E-state index < -0.39 is 24.3 Å². The number of hydrogen-bond donors (Lipinski definition) is 1. The molecule has 0 fully saturated rings. The first-order chi connectivity index (χ1) is 14.2. The number of amides is 1. The van der Waals surface area contributed by atoms with Gasteiger partial charge in [0.15, 0.2) is 23.8 Å². The topological polar surface area (TPSA) is 87.5 Å². The van der Waals surface area contributed by atoms with Crippen molar-refractivity contribution in [3.05, 3.63) is 41.1 Å². The molecule has 0 bridgehead atoms. The van der Waals surface area contributed by atoms with Crippen molar-refractivity contribution in [2.75, 3.05) is 13.4 Å². The highest BCUT2D eigenvalue weighted by atomic mass is 19.4. The molecule has 1 N–H and O–H groups in total. The number of nitrogens with zero attached hydrogens (tertiary/aromatic N) is 3. The molecule has 0 saturated heterocycles. The monoisotopic (exact) mass is 422 g/mol. The van der Waals surface area contributed by atoms with Crippen molar-refractivity contribution in [3.63, 3.8) is 0 Å². The summed E-state index contributed by atoms with van der Waals surface area (Å²) in [6, 6.07) is 6.01. The zero-order valence-electron chi connectivity index (χ0n) is 16.0. The Balaban J connectivity index is 1.44. The molecule has 0 aliphatic carbocycles. The third-order valence-corrected chi connectivity index (χ3v) is 4.53. The van der Waals surface area contributed by atoms with Gasteiger partial charge >= 0.3 is 6.18 Å². The summed E-state index contributed by atoms with van der Waals surface area (Å²) < 4.78 is 57.4. The molecule has 0 saturated carbocycles. The molecule has 30 heavy (non-hydrogen) atoms. The second-order valence-corrected chi connectivity index (χ2v) is 6.67. The van der Waals surface area contributed by atoms with Gasteiger partial charge in [-0.1, -0.05) is 6.07 Å². The third-order valence-electron chi connectivity index (χ3n) is 4.53. The van der Waals surface area contributed by atoms with Gasteiger partial charge in [0.1, 0.15) is 0 Å². The Morgan fingerprint density at radius 1 is 1.27 bits per heavy atom. The highest BCUT2D eigenvalue weighted by Crippen LogP contribution is 2.37. The van der Waals surface area contributed by atoms with Gasteiger partial charge in [0.05, 0.1) is 16.6 Å². The van der Waals surface area contributed by atoms with E-state index in [1.165, 1.54) is 18.7 Å². The normalized spacial score (nSPS) is 13.0. The molecule has 1 aromatic carbocycles. The molecule has 0 spiro atoms. The molecule has 3 aromatic rings. The number of carbonyl (C=O) groups excluding carboxylic acids is 1. The van der Waals surface area contributed by atoms with Crippen LogP contribution in [0.15, 0.2) is 24.3 Å². The first-order valence-corrected chi connectivity index (χ1v) is 8.92. The van der Waals surface area contributed by atoms with Crippen molar-refractivity contribution >= 4 is 16.9 Å². The van der Waals surface area contributed by atoms with Crippen LogP contribution in [-0.4, -0.2) is 34.1 Å². The lowest BCUT2D eigenvalue weighted by molar-refractivity contribution is -0.136. The molecule has 11 heteroatoms. The lowest BCUT2D eigenvalue weighted by Crippen LogP contribution is -2.28. The van der Waals surface area contributed by atoms with E-state index in [-0.39, 0.29) is 35.9 Å². The summed E-state index contributed by atoms with van der Waals surface area (Å²) in [7, 11) is 1.49.